The van der Waals surface area contributed by atoms with Crippen LogP contribution in [0.4, 0.5) is 4.79 Å². The van der Waals surface area contributed by atoms with Crippen molar-refractivity contribution < 1.29 is 19.1 Å². The van der Waals surface area contributed by atoms with E-state index in [1.807, 2.05) is 20.8 Å². The number of carbonyl (C=O) groups excluding carboxylic acids is 2. The molecule has 3 N–H and O–H groups in total. The summed E-state index contributed by atoms with van der Waals surface area (Å²) in [5.41, 5.74) is 6.61. The molecule has 0 aliphatic carbocycles. The fraction of sp³-hybridized carbons (Fsp3) is 0.524. The fourth-order valence-electron chi connectivity index (χ4n) is 2.36. The molecule has 0 radical (unpaired) electrons. The number of esters is 1. The normalized spacial score (nSPS) is 12.1. The van der Waals surface area contributed by atoms with E-state index in [9.17, 15) is 9.59 Å². The predicted molar refractivity (Wildman–Crippen MR) is 114 cm³/mol. The number of unbranched alkanes of at least 4 members (excludes halogenated alkanes) is 3. The molecule has 0 aromatic carbocycles. The van der Waals surface area contributed by atoms with Crippen LogP contribution in [0.25, 0.3) is 5.57 Å². The summed E-state index contributed by atoms with van der Waals surface area (Å²) < 4.78 is 9.85. The number of aromatic nitrogens is 1. The van der Waals surface area contributed by atoms with Crippen LogP contribution in [0.15, 0.2) is 29.4 Å². The molecule has 1 aromatic heterocycles. The van der Waals surface area contributed by atoms with Gasteiger partial charge in [-0.15, -0.1) is 0 Å². The largest absolute Gasteiger partial charge is 0.464 e. The molecular formula is C21H32N4O4. The van der Waals surface area contributed by atoms with Crippen molar-refractivity contribution in [1.29, 1.82) is 0 Å². The van der Waals surface area contributed by atoms with Gasteiger partial charge in [0.15, 0.2) is 0 Å². The van der Waals surface area contributed by atoms with Gasteiger partial charge in [0, 0.05) is 31.1 Å². The topological polar surface area (TPSA) is 116 Å². The molecule has 8 heteroatoms. The van der Waals surface area contributed by atoms with E-state index in [-0.39, 0.29) is 11.8 Å². The van der Waals surface area contributed by atoms with Crippen molar-refractivity contribution in [2.24, 2.45) is 10.7 Å². The van der Waals surface area contributed by atoms with Crippen LogP contribution in [0.3, 0.4) is 0 Å². The molecule has 0 saturated heterocycles. The molecule has 160 valence electrons. The van der Waals surface area contributed by atoms with E-state index in [1.54, 1.807) is 24.4 Å². The Morgan fingerprint density at radius 3 is 2.52 bits per heavy atom. The highest BCUT2D eigenvalue weighted by Gasteiger charge is 2.15. The second-order valence-corrected chi connectivity index (χ2v) is 7.40. The lowest BCUT2D eigenvalue weighted by molar-refractivity contribution is 0.0525. The Kier molecular flexibility index (Phi) is 10.4. The third-order valence-electron chi connectivity index (χ3n) is 3.73. The van der Waals surface area contributed by atoms with Gasteiger partial charge in [0.25, 0.3) is 0 Å². The van der Waals surface area contributed by atoms with E-state index in [1.165, 1.54) is 13.3 Å². The number of alkyl carbamates (subject to hydrolysis) is 1. The van der Waals surface area contributed by atoms with Crippen LogP contribution in [-0.4, -0.2) is 49.1 Å². The van der Waals surface area contributed by atoms with E-state index in [2.05, 4.69) is 20.0 Å². The molecule has 8 nitrogen and oxygen atoms in total. The van der Waals surface area contributed by atoms with Gasteiger partial charge in [0.2, 0.25) is 0 Å². The van der Waals surface area contributed by atoms with Gasteiger partial charge >= 0.3 is 12.1 Å². The van der Waals surface area contributed by atoms with Crippen LogP contribution in [0.5, 0.6) is 0 Å². The van der Waals surface area contributed by atoms with Crippen molar-refractivity contribution in [2.75, 3.05) is 20.2 Å². The number of allylic oxidation sites excluding steroid dienone is 1. The molecule has 0 unspecified atom stereocenters. The Balaban J connectivity index is 2.28. The fourth-order valence-corrected chi connectivity index (χ4v) is 2.36. The number of aliphatic imine (C=N–C) groups is 1. The Bertz CT molecular complexity index is 724. The first-order valence-electron chi connectivity index (χ1n) is 9.71. The summed E-state index contributed by atoms with van der Waals surface area (Å²) in [7, 11) is 1.31. The molecular weight excluding hydrogens is 372 g/mol. The Hall–Kier alpha value is -2.90. The minimum Gasteiger partial charge on any atom is -0.464 e. The summed E-state index contributed by atoms with van der Waals surface area (Å²) in [5.74, 6) is -0.499. The number of pyridine rings is 1. The highest BCUT2D eigenvalue weighted by Crippen LogP contribution is 2.11. The number of nitrogens with two attached hydrogens (primary N) is 1. The second-order valence-electron chi connectivity index (χ2n) is 7.40. The Labute approximate surface area is 172 Å². The van der Waals surface area contributed by atoms with Crippen molar-refractivity contribution in [3.8, 4) is 0 Å². The van der Waals surface area contributed by atoms with Crippen LogP contribution < -0.4 is 11.1 Å². The smallest absolute Gasteiger partial charge is 0.407 e. The molecule has 0 atom stereocenters. The van der Waals surface area contributed by atoms with Gasteiger partial charge in [-0.2, -0.15) is 0 Å². The van der Waals surface area contributed by atoms with Crippen LogP contribution in [-0.2, 0) is 9.47 Å². The van der Waals surface area contributed by atoms with Crippen LogP contribution in [0.1, 0.15) is 62.6 Å². The molecule has 1 rings (SSSR count). The van der Waals surface area contributed by atoms with Crippen LogP contribution >= 0.6 is 0 Å². The van der Waals surface area contributed by atoms with Crippen molar-refractivity contribution in [3.05, 3.63) is 35.8 Å². The number of hydrogen-bond acceptors (Lipinski definition) is 7. The van der Waals surface area contributed by atoms with Gasteiger partial charge in [0.1, 0.15) is 11.3 Å². The van der Waals surface area contributed by atoms with Gasteiger partial charge in [-0.05, 0) is 45.7 Å². The van der Waals surface area contributed by atoms with Crippen molar-refractivity contribution in [2.45, 2.75) is 52.1 Å². The summed E-state index contributed by atoms with van der Waals surface area (Å²) in [4.78, 5) is 31.7. The zero-order chi connectivity index (χ0) is 21.7. The second kappa shape index (κ2) is 12.5. The zero-order valence-electron chi connectivity index (χ0n) is 17.7. The Morgan fingerprint density at radius 2 is 1.86 bits per heavy atom. The highest BCUT2D eigenvalue weighted by atomic mass is 16.6. The Morgan fingerprint density at radius 1 is 1.17 bits per heavy atom. The minimum atomic E-state index is -0.499. The molecule has 1 amide bonds. The lowest BCUT2D eigenvalue weighted by Crippen LogP contribution is -2.32. The van der Waals surface area contributed by atoms with Crippen molar-refractivity contribution in [1.82, 2.24) is 10.3 Å². The van der Waals surface area contributed by atoms with Crippen LogP contribution in [0, 0.1) is 0 Å². The van der Waals surface area contributed by atoms with E-state index in [4.69, 9.17) is 10.5 Å². The van der Waals surface area contributed by atoms with Gasteiger partial charge in [-0.25, -0.2) is 14.6 Å². The van der Waals surface area contributed by atoms with Gasteiger partial charge < -0.3 is 20.5 Å². The maximum atomic E-state index is 11.6. The minimum absolute atomic E-state index is 0.220. The average Bonchev–Trinajstić information content (AvgIpc) is 2.67. The predicted octanol–water partition coefficient (Wildman–Crippen LogP) is 3.32. The number of carbonyl (C=O) groups is 2. The third kappa shape index (κ3) is 10.3. The lowest BCUT2D eigenvalue weighted by Gasteiger charge is -2.19. The molecule has 0 saturated carbocycles. The molecule has 0 spiro atoms. The van der Waals surface area contributed by atoms with Crippen LogP contribution in [0.2, 0.25) is 0 Å². The summed E-state index contributed by atoms with van der Waals surface area (Å²) in [6.45, 7) is 6.77. The van der Waals surface area contributed by atoms with E-state index >= 15 is 0 Å². The molecule has 0 fully saturated rings. The molecule has 1 aromatic rings. The van der Waals surface area contributed by atoms with Gasteiger partial charge in [-0.3, -0.25) is 4.99 Å². The number of nitrogens with one attached hydrogen (secondary N) is 1. The van der Waals surface area contributed by atoms with Gasteiger partial charge in [-0.1, -0.05) is 18.9 Å². The summed E-state index contributed by atoms with van der Waals surface area (Å²) in [6, 6.07) is 5.06. The highest BCUT2D eigenvalue weighted by molar-refractivity contribution is 6.09. The number of methoxy groups -OCH3 is 1. The van der Waals surface area contributed by atoms with E-state index in [0.29, 0.717) is 24.4 Å². The first kappa shape index (κ1) is 24.1. The van der Waals surface area contributed by atoms with Crippen molar-refractivity contribution in [3.63, 3.8) is 0 Å². The lowest BCUT2D eigenvalue weighted by atomic mass is 10.2. The number of amides is 1. The molecule has 0 aliphatic heterocycles. The first-order valence-corrected chi connectivity index (χ1v) is 9.71. The SMILES string of the molecule is COC(=O)c1cccc(C(C=NCCCCCCNC(=O)OC(C)(C)C)=CN)n1. The summed E-state index contributed by atoms with van der Waals surface area (Å²) in [5, 5.41) is 2.75. The van der Waals surface area contributed by atoms with E-state index in [0.717, 1.165) is 25.7 Å². The third-order valence-corrected chi connectivity index (χ3v) is 3.73. The first-order chi connectivity index (χ1) is 13.8. The summed E-state index contributed by atoms with van der Waals surface area (Å²) in [6.07, 6.45) is 6.51. The molecule has 0 bridgehead atoms. The monoisotopic (exact) mass is 404 g/mol. The molecule has 1 heterocycles. The summed E-state index contributed by atoms with van der Waals surface area (Å²) >= 11 is 0. The standard InChI is InChI=1S/C21H32N4O4/c1-21(2,3)29-20(27)24-13-8-6-5-7-12-23-15-16(14-22)17-10-9-11-18(25-17)19(26)28-4/h9-11,14-15H,5-8,12-13,22H2,1-4H3,(H,24,27). The average molecular weight is 405 g/mol. The number of rotatable bonds is 10. The quantitative estimate of drug-likeness (QED) is 0.351. The maximum absolute atomic E-state index is 11.6. The number of ether oxygens (including phenoxy) is 2. The maximum Gasteiger partial charge on any atom is 0.407 e. The van der Waals surface area contributed by atoms with Gasteiger partial charge in [0.05, 0.1) is 12.8 Å². The number of nitrogens with zero attached hydrogens (tertiary/aromatic N) is 2. The van der Waals surface area contributed by atoms with Crippen molar-refractivity contribution >= 4 is 23.9 Å². The van der Waals surface area contributed by atoms with E-state index < -0.39 is 11.6 Å². The number of hydrogen-bond donors (Lipinski definition) is 2. The zero-order valence-corrected chi connectivity index (χ0v) is 17.7. The molecule has 0 aliphatic rings. The molecule has 29 heavy (non-hydrogen) atoms.